The number of nitrogen functional groups attached to an aromatic ring is 1. The molecule has 1 atom stereocenters. The van der Waals surface area contributed by atoms with E-state index in [-0.39, 0.29) is 24.2 Å². The maximum Gasteiger partial charge on any atom is 0.416 e. The molecule has 38 heavy (non-hydrogen) atoms. The summed E-state index contributed by atoms with van der Waals surface area (Å²) < 4.78 is 55.1. The van der Waals surface area contributed by atoms with Gasteiger partial charge in [0.15, 0.2) is 0 Å². The van der Waals surface area contributed by atoms with E-state index in [1.807, 2.05) is 0 Å². The second-order valence-corrected chi connectivity index (χ2v) is 8.68. The summed E-state index contributed by atoms with van der Waals surface area (Å²) in [5, 5.41) is 0. The van der Waals surface area contributed by atoms with Crippen LogP contribution in [-0.2, 0) is 10.9 Å². The number of pyridine rings is 2. The van der Waals surface area contributed by atoms with Crippen LogP contribution in [0.15, 0.2) is 48.8 Å². The smallest absolute Gasteiger partial charge is 0.416 e. The first kappa shape index (κ1) is 27.0. The minimum atomic E-state index is -4.44. The number of carbonyl (C=O) groups is 1. The topological polar surface area (TPSA) is 103 Å². The van der Waals surface area contributed by atoms with Crippen LogP contribution in [0.4, 0.5) is 24.7 Å². The van der Waals surface area contributed by atoms with Gasteiger partial charge in [0, 0.05) is 50.6 Å². The van der Waals surface area contributed by atoms with Crippen molar-refractivity contribution in [2.24, 2.45) is 0 Å². The number of aromatic nitrogens is 2. The molecule has 3 aromatic rings. The van der Waals surface area contributed by atoms with Crippen LogP contribution in [0.3, 0.4) is 0 Å². The molecule has 4 rings (SSSR count). The minimum absolute atomic E-state index is 0.152. The predicted octanol–water partition coefficient (Wildman–Crippen LogP) is 3.74. The first-order valence-corrected chi connectivity index (χ1v) is 11.7. The van der Waals surface area contributed by atoms with Gasteiger partial charge in [-0.15, -0.1) is 0 Å². The standard InChI is InChI=1S/C26H28F3N5O4/c1-36-15-18-14-33(21-13-32-24(30)11-23(21)38-3)8-9-34(18)25(35)20-10-22(37-2)19(12-31-20)16-4-6-17(7-5-16)26(27,28)29/h4-7,10-13,18H,8-9,14-15H2,1-3H3,(H2,30,32). The SMILES string of the molecule is COCC1CN(c2cnc(N)cc2OC)CCN1C(=O)c1cc(OC)c(-c2ccc(C(F)(F)F)cc2)cn1. The summed E-state index contributed by atoms with van der Waals surface area (Å²) in [6.45, 7) is 1.63. The number of halogens is 3. The lowest BCUT2D eigenvalue weighted by atomic mass is 10.0. The number of methoxy groups -OCH3 is 3. The Balaban J connectivity index is 1.57. The summed E-state index contributed by atoms with van der Waals surface area (Å²) in [5.41, 5.74) is 6.90. The molecule has 1 aliphatic heterocycles. The average Bonchev–Trinajstić information content (AvgIpc) is 2.92. The Bertz CT molecular complexity index is 1290. The number of anilines is 2. The van der Waals surface area contributed by atoms with Crippen molar-refractivity contribution in [3.8, 4) is 22.6 Å². The number of hydrogen-bond acceptors (Lipinski definition) is 8. The van der Waals surface area contributed by atoms with E-state index >= 15 is 0 Å². The van der Waals surface area contributed by atoms with Gasteiger partial charge in [0.2, 0.25) is 0 Å². The molecular formula is C26H28F3N5O4. The van der Waals surface area contributed by atoms with Gasteiger partial charge in [-0.05, 0) is 17.7 Å². The number of piperazine rings is 1. The van der Waals surface area contributed by atoms with E-state index in [4.69, 9.17) is 19.9 Å². The quantitative estimate of drug-likeness (QED) is 0.492. The van der Waals surface area contributed by atoms with Crippen LogP contribution in [0, 0.1) is 0 Å². The van der Waals surface area contributed by atoms with Gasteiger partial charge >= 0.3 is 6.18 Å². The monoisotopic (exact) mass is 531 g/mol. The number of alkyl halides is 3. The Morgan fingerprint density at radius 2 is 1.74 bits per heavy atom. The van der Waals surface area contributed by atoms with Gasteiger partial charge in [-0.1, -0.05) is 12.1 Å². The Morgan fingerprint density at radius 1 is 1.03 bits per heavy atom. The van der Waals surface area contributed by atoms with Gasteiger partial charge in [-0.3, -0.25) is 9.78 Å². The molecule has 12 heteroatoms. The minimum Gasteiger partial charge on any atom is -0.496 e. The van der Waals surface area contributed by atoms with E-state index in [0.717, 1.165) is 17.8 Å². The maximum atomic E-state index is 13.5. The highest BCUT2D eigenvalue weighted by Crippen LogP contribution is 2.35. The van der Waals surface area contributed by atoms with Crippen molar-refractivity contribution in [1.82, 2.24) is 14.9 Å². The molecule has 1 aromatic carbocycles. The lowest BCUT2D eigenvalue weighted by Gasteiger charge is -2.42. The molecule has 1 saturated heterocycles. The van der Waals surface area contributed by atoms with Crippen LogP contribution in [0.25, 0.3) is 11.1 Å². The summed E-state index contributed by atoms with van der Waals surface area (Å²) in [5.74, 6) is 0.931. The van der Waals surface area contributed by atoms with Gasteiger partial charge in [-0.2, -0.15) is 13.2 Å². The first-order chi connectivity index (χ1) is 18.2. The molecule has 2 aromatic heterocycles. The number of rotatable bonds is 7. The van der Waals surface area contributed by atoms with Crippen LogP contribution < -0.4 is 20.1 Å². The van der Waals surface area contributed by atoms with Gasteiger partial charge in [0.1, 0.15) is 23.0 Å². The zero-order valence-electron chi connectivity index (χ0n) is 21.2. The van der Waals surface area contributed by atoms with Crippen LogP contribution >= 0.6 is 0 Å². The number of nitrogens with zero attached hydrogens (tertiary/aromatic N) is 4. The van der Waals surface area contributed by atoms with Gasteiger partial charge in [0.05, 0.1) is 44.3 Å². The predicted molar refractivity (Wildman–Crippen MR) is 135 cm³/mol. The molecule has 0 bridgehead atoms. The van der Waals surface area contributed by atoms with E-state index in [1.54, 1.807) is 31.4 Å². The molecule has 0 saturated carbocycles. The molecular weight excluding hydrogens is 503 g/mol. The Morgan fingerprint density at radius 3 is 2.37 bits per heavy atom. The fraction of sp³-hybridized carbons (Fsp3) is 0.346. The van der Waals surface area contributed by atoms with Crippen molar-refractivity contribution in [2.75, 3.05) is 58.2 Å². The molecule has 1 amide bonds. The number of benzene rings is 1. The molecule has 0 spiro atoms. The second-order valence-electron chi connectivity index (χ2n) is 8.68. The largest absolute Gasteiger partial charge is 0.496 e. The van der Waals surface area contributed by atoms with Crippen molar-refractivity contribution in [1.29, 1.82) is 0 Å². The fourth-order valence-electron chi connectivity index (χ4n) is 4.45. The Hall–Kier alpha value is -4.06. The van der Waals surface area contributed by atoms with Crippen LogP contribution in [0.2, 0.25) is 0 Å². The van der Waals surface area contributed by atoms with Crippen molar-refractivity contribution in [3.63, 3.8) is 0 Å². The Labute approximate surface area is 217 Å². The second kappa shape index (κ2) is 11.1. The molecule has 1 unspecified atom stereocenters. The summed E-state index contributed by atoms with van der Waals surface area (Å²) >= 11 is 0. The highest BCUT2D eigenvalue weighted by atomic mass is 19.4. The van der Waals surface area contributed by atoms with Crippen LogP contribution in [0.5, 0.6) is 11.5 Å². The summed E-state index contributed by atoms with van der Waals surface area (Å²) in [7, 11) is 4.54. The summed E-state index contributed by atoms with van der Waals surface area (Å²) in [6, 6.07) is 7.52. The van der Waals surface area contributed by atoms with Crippen molar-refractivity contribution < 1.29 is 32.2 Å². The zero-order valence-corrected chi connectivity index (χ0v) is 21.2. The molecule has 202 valence electrons. The van der Waals surface area contributed by atoms with Crippen LogP contribution in [-0.4, -0.2) is 74.4 Å². The van der Waals surface area contributed by atoms with E-state index < -0.39 is 11.7 Å². The maximum absolute atomic E-state index is 13.5. The molecule has 9 nitrogen and oxygen atoms in total. The lowest BCUT2D eigenvalue weighted by molar-refractivity contribution is -0.137. The van der Waals surface area contributed by atoms with E-state index in [0.29, 0.717) is 48.1 Å². The van der Waals surface area contributed by atoms with E-state index in [1.165, 1.54) is 31.5 Å². The van der Waals surface area contributed by atoms with Gasteiger partial charge < -0.3 is 29.7 Å². The van der Waals surface area contributed by atoms with Gasteiger partial charge in [0.25, 0.3) is 5.91 Å². The van der Waals surface area contributed by atoms with E-state index in [2.05, 4.69) is 14.9 Å². The molecule has 0 radical (unpaired) electrons. The highest BCUT2D eigenvalue weighted by molar-refractivity contribution is 5.94. The molecule has 2 N–H and O–H groups in total. The summed E-state index contributed by atoms with van der Waals surface area (Å²) in [4.78, 5) is 25.8. The number of hydrogen-bond donors (Lipinski definition) is 1. The lowest BCUT2D eigenvalue weighted by Crippen LogP contribution is -2.57. The summed E-state index contributed by atoms with van der Waals surface area (Å²) in [6.07, 6.45) is -1.36. The first-order valence-electron chi connectivity index (χ1n) is 11.7. The molecule has 0 aliphatic carbocycles. The molecule has 1 fully saturated rings. The third-order valence-corrected chi connectivity index (χ3v) is 6.36. The molecule has 1 aliphatic rings. The Kier molecular flexibility index (Phi) is 7.91. The van der Waals surface area contributed by atoms with Crippen molar-refractivity contribution in [2.45, 2.75) is 12.2 Å². The third kappa shape index (κ3) is 5.59. The number of carbonyl (C=O) groups excluding carboxylic acids is 1. The number of nitrogens with two attached hydrogens (primary N) is 1. The van der Waals surface area contributed by atoms with Crippen molar-refractivity contribution in [3.05, 3.63) is 60.0 Å². The average molecular weight is 532 g/mol. The zero-order chi connectivity index (χ0) is 27.4. The van der Waals surface area contributed by atoms with E-state index in [9.17, 15) is 18.0 Å². The molecule has 3 heterocycles. The fourth-order valence-corrected chi connectivity index (χ4v) is 4.45. The third-order valence-electron chi connectivity index (χ3n) is 6.36. The van der Waals surface area contributed by atoms with Crippen LogP contribution in [0.1, 0.15) is 16.1 Å². The normalized spacial score (nSPS) is 15.9. The highest BCUT2D eigenvalue weighted by Gasteiger charge is 2.33. The van der Waals surface area contributed by atoms with Crippen molar-refractivity contribution >= 4 is 17.4 Å². The van der Waals surface area contributed by atoms with Gasteiger partial charge in [-0.25, -0.2) is 4.98 Å². The number of amides is 1. The number of ether oxygens (including phenoxy) is 3.